The van der Waals surface area contributed by atoms with Crippen molar-refractivity contribution < 1.29 is 13.6 Å². The number of carbonyl (C=O) groups excluding carboxylic acids is 1. The van der Waals surface area contributed by atoms with Gasteiger partial charge in [0.15, 0.2) is 0 Å². The topological polar surface area (TPSA) is 32.3 Å². The van der Waals surface area contributed by atoms with Crippen LogP contribution in [-0.2, 0) is 11.3 Å². The lowest BCUT2D eigenvalue weighted by atomic mass is 10.1. The van der Waals surface area contributed by atoms with E-state index in [9.17, 15) is 13.6 Å². The van der Waals surface area contributed by atoms with Crippen LogP contribution >= 0.6 is 11.6 Å². The highest BCUT2D eigenvalue weighted by atomic mass is 35.5. The van der Waals surface area contributed by atoms with Crippen LogP contribution in [0.15, 0.2) is 42.5 Å². The zero-order valence-corrected chi connectivity index (χ0v) is 14.6. The molecule has 1 saturated carbocycles. The Balaban J connectivity index is 1.70. The van der Waals surface area contributed by atoms with Gasteiger partial charge in [-0.15, -0.1) is 0 Å². The molecule has 1 atom stereocenters. The highest BCUT2D eigenvalue weighted by molar-refractivity contribution is 6.33. The number of anilines is 1. The van der Waals surface area contributed by atoms with Crippen molar-refractivity contribution in [1.82, 2.24) is 4.90 Å². The fourth-order valence-corrected chi connectivity index (χ4v) is 2.98. The summed E-state index contributed by atoms with van der Waals surface area (Å²) in [7, 11) is 0. The molecule has 1 amide bonds. The van der Waals surface area contributed by atoms with E-state index in [4.69, 9.17) is 11.6 Å². The second kappa shape index (κ2) is 7.50. The van der Waals surface area contributed by atoms with E-state index in [1.807, 2.05) is 6.92 Å². The summed E-state index contributed by atoms with van der Waals surface area (Å²) in [6.07, 6.45) is 2.08. The third-order valence-corrected chi connectivity index (χ3v) is 4.67. The number of hydrogen-bond donors (Lipinski definition) is 1. The molecule has 1 aliphatic rings. The summed E-state index contributed by atoms with van der Waals surface area (Å²) in [5.41, 5.74) is 1.34. The molecule has 1 aliphatic carbocycles. The van der Waals surface area contributed by atoms with Gasteiger partial charge in [0.25, 0.3) is 0 Å². The van der Waals surface area contributed by atoms with Crippen LogP contribution < -0.4 is 5.32 Å². The molecule has 132 valence electrons. The van der Waals surface area contributed by atoms with Crippen LogP contribution in [-0.4, -0.2) is 22.9 Å². The Morgan fingerprint density at radius 1 is 1.20 bits per heavy atom. The van der Waals surface area contributed by atoms with Crippen LogP contribution in [0, 0.1) is 11.6 Å². The van der Waals surface area contributed by atoms with E-state index in [-0.39, 0.29) is 16.7 Å². The molecule has 3 nitrogen and oxygen atoms in total. The molecule has 25 heavy (non-hydrogen) atoms. The summed E-state index contributed by atoms with van der Waals surface area (Å²) in [6, 6.07) is 10.1. The molecule has 0 radical (unpaired) electrons. The average Bonchev–Trinajstić information content (AvgIpc) is 3.41. The highest BCUT2D eigenvalue weighted by Gasteiger charge is 2.35. The van der Waals surface area contributed by atoms with Crippen molar-refractivity contribution >= 4 is 23.2 Å². The van der Waals surface area contributed by atoms with E-state index in [0.29, 0.717) is 18.3 Å². The maximum Gasteiger partial charge on any atom is 0.241 e. The van der Waals surface area contributed by atoms with Gasteiger partial charge >= 0.3 is 0 Å². The first-order valence-electron chi connectivity index (χ1n) is 8.20. The largest absolute Gasteiger partial charge is 0.323 e. The summed E-state index contributed by atoms with van der Waals surface area (Å²) < 4.78 is 26.2. The lowest BCUT2D eigenvalue weighted by Crippen LogP contribution is -2.43. The molecule has 2 aromatic rings. The first kappa shape index (κ1) is 17.8. The molecule has 0 spiro atoms. The summed E-state index contributed by atoms with van der Waals surface area (Å²) in [5, 5.41) is 2.92. The van der Waals surface area contributed by atoms with Crippen molar-refractivity contribution in [2.45, 2.75) is 38.4 Å². The highest BCUT2D eigenvalue weighted by Crippen LogP contribution is 2.31. The fourth-order valence-electron chi connectivity index (χ4n) is 2.77. The second-order valence-electron chi connectivity index (χ2n) is 6.32. The van der Waals surface area contributed by atoms with E-state index in [1.165, 1.54) is 30.3 Å². The van der Waals surface area contributed by atoms with Gasteiger partial charge in [0.1, 0.15) is 11.6 Å². The number of rotatable bonds is 6. The molecule has 0 aliphatic heterocycles. The van der Waals surface area contributed by atoms with Crippen LogP contribution in [0.2, 0.25) is 5.02 Å². The van der Waals surface area contributed by atoms with Gasteiger partial charge < -0.3 is 5.32 Å². The number of nitrogens with one attached hydrogen (secondary N) is 1. The van der Waals surface area contributed by atoms with E-state index in [1.54, 1.807) is 12.1 Å². The zero-order valence-electron chi connectivity index (χ0n) is 13.8. The van der Waals surface area contributed by atoms with Crippen LogP contribution in [0.4, 0.5) is 14.5 Å². The van der Waals surface area contributed by atoms with E-state index in [0.717, 1.165) is 18.4 Å². The molecule has 6 heteroatoms. The van der Waals surface area contributed by atoms with Gasteiger partial charge in [-0.2, -0.15) is 0 Å². The van der Waals surface area contributed by atoms with Gasteiger partial charge in [-0.1, -0.05) is 23.7 Å². The molecule has 0 aromatic heterocycles. The summed E-state index contributed by atoms with van der Waals surface area (Å²) in [6.45, 7) is 2.39. The normalized spacial score (nSPS) is 15.2. The predicted molar refractivity (Wildman–Crippen MR) is 94.5 cm³/mol. The summed E-state index contributed by atoms with van der Waals surface area (Å²) in [4.78, 5) is 14.7. The van der Waals surface area contributed by atoms with Crippen LogP contribution in [0.1, 0.15) is 25.3 Å². The Kier molecular flexibility index (Phi) is 5.35. The van der Waals surface area contributed by atoms with E-state index in [2.05, 4.69) is 10.2 Å². The Morgan fingerprint density at radius 3 is 2.44 bits per heavy atom. The molecule has 0 bridgehead atoms. The molecule has 0 heterocycles. The van der Waals surface area contributed by atoms with Gasteiger partial charge in [-0.25, -0.2) is 8.78 Å². The molecule has 2 aromatic carbocycles. The Bertz CT molecular complexity index is 763. The maximum absolute atomic E-state index is 13.1. The number of carbonyl (C=O) groups is 1. The lowest BCUT2D eigenvalue weighted by Gasteiger charge is -2.28. The van der Waals surface area contributed by atoms with Gasteiger partial charge in [-0.05, 0) is 55.7 Å². The molecule has 0 saturated heterocycles. The van der Waals surface area contributed by atoms with Crippen LogP contribution in [0.3, 0.4) is 0 Å². The standard InChI is InChI=1S/C19H19ClF2N2O/c1-12(19(25)23-18-9-6-15(22)10-17(18)20)24(16-7-8-16)11-13-2-4-14(21)5-3-13/h2-6,9-10,12,16H,7-8,11H2,1H3,(H,23,25)/t12-/m1/s1. The molecule has 1 N–H and O–H groups in total. The number of hydrogen-bond acceptors (Lipinski definition) is 2. The first-order valence-corrected chi connectivity index (χ1v) is 8.58. The third kappa shape index (κ3) is 4.55. The molecule has 3 rings (SSSR count). The SMILES string of the molecule is C[C@H](C(=O)Nc1ccc(F)cc1Cl)N(Cc1ccc(F)cc1)C1CC1. The van der Waals surface area contributed by atoms with Crippen molar-refractivity contribution in [3.05, 3.63) is 64.7 Å². The van der Waals surface area contributed by atoms with Crippen LogP contribution in [0.25, 0.3) is 0 Å². The van der Waals surface area contributed by atoms with Gasteiger partial charge in [-0.3, -0.25) is 9.69 Å². The third-order valence-electron chi connectivity index (χ3n) is 4.36. The Morgan fingerprint density at radius 2 is 1.84 bits per heavy atom. The monoisotopic (exact) mass is 364 g/mol. The van der Waals surface area contributed by atoms with Crippen molar-refractivity contribution in [3.8, 4) is 0 Å². The van der Waals surface area contributed by atoms with Crippen molar-refractivity contribution in [2.24, 2.45) is 0 Å². The zero-order chi connectivity index (χ0) is 18.0. The predicted octanol–water partition coefficient (Wildman–Crippen LogP) is 4.61. The minimum absolute atomic E-state index is 0.164. The number of nitrogens with zero attached hydrogens (tertiary/aromatic N) is 1. The Hall–Kier alpha value is -1.98. The minimum atomic E-state index is -0.452. The maximum atomic E-state index is 13.1. The quantitative estimate of drug-likeness (QED) is 0.811. The van der Waals surface area contributed by atoms with Crippen molar-refractivity contribution in [2.75, 3.05) is 5.32 Å². The fraction of sp³-hybridized carbons (Fsp3) is 0.316. The van der Waals surface area contributed by atoms with E-state index >= 15 is 0 Å². The summed E-state index contributed by atoms with van der Waals surface area (Å²) in [5.74, 6) is -0.937. The number of halogens is 3. The van der Waals surface area contributed by atoms with Crippen molar-refractivity contribution in [1.29, 1.82) is 0 Å². The average molecular weight is 365 g/mol. The molecule has 0 unspecified atom stereocenters. The smallest absolute Gasteiger partial charge is 0.241 e. The van der Waals surface area contributed by atoms with Gasteiger partial charge in [0.2, 0.25) is 5.91 Å². The summed E-state index contributed by atoms with van der Waals surface area (Å²) >= 11 is 5.97. The van der Waals surface area contributed by atoms with Gasteiger partial charge in [0.05, 0.1) is 16.8 Å². The lowest BCUT2D eigenvalue weighted by molar-refractivity contribution is -0.121. The minimum Gasteiger partial charge on any atom is -0.323 e. The second-order valence-corrected chi connectivity index (χ2v) is 6.73. The number of benzene rings is 2. The van der Waals surface area contributed by atoms with Gasteiger partial charge in [0, 0.05) is 12.6 Å². The molecular weight excluding hydrogens is 346 g/mol. The molecule has 1 fully saturated rings. The Labute approximate surface area is 150 Å². The van der Waals surface area contributed by atoms with E-state index < -0.39 is 11.9 Å². The van der Waals surface area contributed by atoms with Crippen LogP contribution in [0.5, 0.6) is 0 Å². The molecular formula is C19H19ClF2N2O. The first-order chi connectivity index (χ1) is 11.9. The number of amides is 1. The van der Waals surface area contributed by atoms with Crippen molar-refractivity contribution in [3.63, 3.8) is 0 Å².